The molecule has 0 saturated heterocycles. The molecule has 13 heavy (non-hydrogen) atoms. The van der Waals surface area contributed by atoms with Crippen molar-refractivity contribution in [2.45, 2.75) is 24.9 Å². The zero-order valence-electron chi connectivity index (χ0n) is 7.53. The van der Waals surface area contributed by atoms with E-state index >= 15 is 0 Å². The Morgan fingerprint density at radius 3 is 3.15 bits per heavy atom. The third-order valence-electron chi connectivity index (χ3n) is 3.02. The van der Waals surface area contributed by atoms with Gasteiger partial charge in [-0.2, -0.15) is 0 Å². The van der Waals surface area contributed by atoms with Crippen LogP contribution in [0.3, 0.4) is 0 Å². The molecule has 0 amide bonds. The predicted octanol–water partition coefficient (Wildman–Crippen LogP) is 2.20. The molecule has 0 radical (unpaired) electrons. The lowest BCUT2D eigenvalue weighted by Crippen LogP contribution is -2.40. The van der Waals surface area contributed by atoms with E-state index in [4.69, 9.17) is 0 Å². The number of hydrogen-bond acceptors (Lipinski definition) is 1. The molecule has 1 N–H and O–H groups in total. The van der Waals surface area contributed by atoms with Crippen LogP contribution in [0.5, 0.6) is 0 Å². The van der Waals surface area contributed by atoms with Gasteiger partial charge in [0.15, 0.2) is 0 Å². The maximum Gasteiger partial charge on any atom is 0.0511 e. The Morgan fingerprint density at radius 1 is 1.23 bits per heavy atom. The molecule has 2 heterocycles. The van der Waals surface area contributed by atoms with Gasteiger partial charge in [-0.05, 0) is 24.0 Å². The van der Waals surface area contributed by atoms with Crippen LogP contribution in [0.25, 0.3) is 0 Å². The van der Waals surface area contributed by atoms with Gasteiger partial charge in [0.1, 0.15) is 0 Å². The highest BCUT2D eigenvalue weighted by Gasteiger charge is 2.25. The van der Waals surface area contributed by atoms with Crippen LogP contribution in [0.4, 0.5) is 0 Å². The van der Waals surface area contributed by atoms with Crippen LogP contribution in [0.1, 0.15) is 23.6 Å². The number of fused-ring (bicyclic) bond motifs is 4. The molecule has 1 nitrogen and oxygen atoms in total. The molecule has 0 aliphatic carbocycles. The molecule has 2 aliphatic rings. The van der Waals surface area contributed by atoms with Crippen molar-refractivity contribution in [1.29, 1.82) is 0 Å². The predicted molar refractivity (Wildman–Crippen MR) is 53.6 cm³/mol. The van der Waals surface area contributed by atoms with Crippen molar-refractivity contribution in [1.82, 2.24) is 5.32 Å². The van der Waals surface area contributed by atoms with E-state index in [1.165, 1.54) is 24.0 Å². The standard InChI is InChI=1S/C12H13N/c1-2-6-11-9(4-1)8-10-5-3-7-12(11)13-10/h1-4,6-7,10,12-13H,5,8H2/t10-,12+/m1/s1. The molecular formula is C12H13N. The fourth-order valence-electron chi connectivity index (χ4n) is 2.38. The van der Waals surface area contributed by atoms with Gasteiger partial charge in [-0.15, -0.1) is 0 Å². The van der Waals surface area contributed by atoms with E-state index in [0.717, 1.165) is 0 Å². The number of nitrogens with one attached hydrogen (secondary N) is 1. The molecule has 0 aromatic heterocycles. The summed E-state index contributed by atoms with van der Waals surface area (Å²) in [6.07, 6.45) is 6.97. The molecule has 0 unspecified atom stereocenters. The summed E-state index contributed by atoms with van der Waals surface area (Å²) in [7, 11) is 0. The van der Waals surface area contributed by atoms with Gasteiger partial charge in [-0.1, -0.05) is 36.4 Å². The zero-order chi connectivity index (χ0) is 8.67. The highest BCUT2D eigenvalue weighted by Crippen LogP contribution is 2.29. The molecule has 3 rings (SSSR count). The lowest BCUT2D eigenvalue weighted by molar-refractivity contribution is 0.429. The van der Waals surface area contributed by atoms with Gasteiger partial charge >= 0.3 is 0 Å². The molecule has 66 valence electrons. The van der Waals surface area contributed by atoms with Crippen LogP contribution in [-0.2, 0) is 6.42 Å². The van der Waals surface area contributed by atoms with Crippen LogP contribution in [0.2, 0.25) is 0 Å². The molecule has 0 fully saturated rings. The Bertz CT molecular complexity index is 354. The van der Waals surface area contributed by atoms with E-state index < -0.39 is 0 Å². The van der Waals surface area contributed by atoms with Gasteiger partial charge in [0.05, 0.1) is 6.04 Å². The number of rotatable bonds is 0. The molecule has 0 spiro atoms. The lowest BCUT2D eigenvalue weighted by Gasteiger charge is -2.34. The zero-order valence-corrected chi connectivity index (χ0v) is 7.53. The van der Waals surface area contributed by atoms with Crippen molar-refractivity contribution < 1.29 is 0 Å². The van der Waals surface area contributed by atoms with E-state index in [1.54, 1.807) is 0 Å². The molecule has 1 aromatic carbocycles. The minimum atomic E-state index is 0.476. The minimum Gasteiger partial charge on any atom is -0.303 e. The van der Waals surface area contributed by atoms with E-state index in [-0.39, 0.29) is 0 Å². The highest BCUT2D eigenvalue weighted by molar-refractivity contribution is 5.37. The van der Waals surface area contributed by atoms with E-state index in [2.05, 4.69) is 41.7 Å². The summed E-state index contributed by atoms with van der Waals surface area (Å²) in [4.78, 5) is 0. The van der Waals surface area contributed by atoms with Gasteiger partial charge in [0.2, 0.25) is 0 Å². The average molecular weight is 171 g/mol. The second kappa shape index (κ2) is 2.71. The van der Waals surface area contributed by atoms with Gasteiger partial charge in [0.25, 0.3) is 0 Å². The van der Waals surface area contributed by atoms with Crippen molar-refractivity contribution in [3.63, 3.8) is 0 Å². The first-order valence-corrected chi connectivity index (χ1v) is 4.94. The molecule has 1 heteroatoms. The van der Waals surface area contributed by atoms with Crippen molar-refractivity contribution in [2.24, 2.45) is 0 Å². The molecule has 0 saturated carbocycles. The van der Waals surface area contributed by atoms with Crippen LogP contribution in [0.15, 0.2) is 36.4 Å². The third-order valence-corrected chi connectivity index (χ3v) is 3.02. The highest BCUT2D eigenvalue weighted by atomic mass is 15.0. The van der Waals surface area contributed by atoms with Crippen LogP contribution in [-0.4, -0.2) is 6.04 Å². The molecule has 2 atom stereocenters. The Labute approximate surface area is 78.5 Å². The Hall–Kier alpha value is -1.08. The van der Waals surface area contributed by atoms with Crippen molar-refractivity contribution in [2.75, 3.05) is 0 Å². The minimum absolute atomic E-state index is 0.476. The second-order valence-corrected chi connectivity index (χ2v) is 3.91. The topological polar surface area (TPSA) is 12.0 Å². The molecule has 1 aromatic rings. The van der Waals surface area contributed by atoms with Crippen molar-refractivity contribution in [3.05, 3.63) is 47.5 Å². The number of hydrogen-bond donors (Lipinski definition) is 1. The monoisotopic (exact) mass is 171 g/mol. The summed E-state index contributed by atoms with van der Waals surface area (Å²) in [5.74, 6) is 0. The van der Waals surface area contributed by atoms with Crippen LogP contribution < -0.4 is 5.32 Å². The van der Waals surface area contributed by atoms with E-state index in [0.29, 0.717) is 12.1 Å². The summed E-state index contributed by atoms with van der Waals surface area (Å²) < 4.78 is 0. The normalized spacial score (nSPS) is 29.8. The maximum absolute atomic E-state index is 3.62. The smallest absolute Gasteiger partial charge is 0.0511 e. The lowest BCUT2D eigenvalue weighted by atomic mass is 9.86. The Balaban J connectivity index is 2.12. The molecule has 2 aliphatic heterocycles. The average Bonchev–Trinajstić information content (AvgIpc) is 2.18. The quantitative estimate of drug-likeness (QED) is 0.590. The summed E-state index contributed by atoms with van der Waals surface area (Å²) >= 11 is 0. The van der Waals surface area contributed by atoms with Gasteiger partial charge in [-0.3, -0.25) is 0 Å². The molecular weight excluding hydrogens is 158 g/mol. The third kappa shape index (κ3) is 1.11. The largest absolute Gasteiger partial charge is 0.303 e. The van der Waals surface area contributed by atoms with Crippen molar-refractivity contribution in [3.8, 4) is 0 Å². The summed E-state index contributed by atoms with van der Waals surface area (Å²) in [5, 5.41) is 3.62. The molecule has 2 bridgehead atoms. The summed E-state index contributed by atoms with van der Waals surface area (Å²) in [5.41, 5.74) is 3.00. The fourth-order valence-corrected chi connectivity index (χ4v) is 2.38. The Morgan fingerprint density at radius 2 is 2.15 bits per heavy atom. The summed E-state index contributed by atoms with van der Waals surface area (Å²) in [6.45, 7) is 0. The van der Waals surface area contributed by atoms with Crippen molar-refractivity contribution >= 4 is 0 Å². The van der Waals surface area contributed by atoms with E-state index in [1.807, 2.05) is 0 Å². The fraction of sp³-hybridized carbons (Fsp3) is 0.333. The first-order chi connectivity index (χ1) is 6.43. The maximum atomic E-state index is 3.62. The first-order valence-electron chi connectivity index (χ1n) is 4.94. The van der Waals surface area contributed by atoms with Gasteiger partial charge in [-0.25, -0.2) is 0 Å². The second-order valence-electron chi connectivity index (χ2n) is 3.91. The SMILES string of the molecule is C1=C[C@@H]2N[C@H](C1)Cc1ccccc12. The number of benzene rings is 1. The van der Waals surface area contributed by atoms with Gasteiger partial charge < -0.3 is 5.32 Å². The van der Waals surface area contributed by atoms with Crippen LogP contribution >= 0.6 is 0 Å². The van der Waals surface area contributed by atoms with Gasteiger partial charge in [0, 0.05) is 6.04 Å². The first kappa shape index (κ1) is 7.34. The Kier molecular flexibility index (Phi) is 1.53. The van der Waals surface area contributed by atoms with Crippen LogP contribution in [0, 0.1) is 0 Å². The van der Waals surface area contributed by atoms with E-state index in [9.17, 15) is 0 Å². The summed E-state index contributed by atoms with van der Waals surface area (Å²) in [6, 6.07) is 9.91.